The SMILES string of the molecule is CC(CS(=O)(=O)N(C)C1CCCNCC1)c1ccccc1. The molecule has 1 aromatic rings. The van der Waals surface area contributed by atoms with Crippen LogP contribution >= 0.6 is 0 Å². The Balaban J connectivity index is 2.03. The Hall–Kier alpha value is -0.910. The van der Waals surface area contributed by atoms with Crippen LogP contribution in [0.2, 0.25) is 0 Å². The lowest BCUT2D eigenvalue weighted by Crippen LogP contribution is -2.39. The van der Waals surface area contributed by atoms with Crippen molar-refractivity contribution in [2.24, 2.45) is 0 Å². The van der Waals surface area contributed by atoms with Crippen molar-refractivity contribution in [1.82, 2.24) is 9.62 Å². The molecule has 21 heavy (non-hydrogen) atoms. The van der Waals surface area contributed by atoms with Crippen molar-refractivity contribution in [3.05, 3.63) is 35.9 Å². The minimum absolute atomic E-state index is 0.0163. The van der Waals surface area contributed by atoms with Crippen LogP contribution in [-0.2, 0) is 10.0 Å². The van der Waals surface area contributed by atoms with E-state index in [0.717, 1.165) is 37.9 Å². The molecule has 4 nitrogen and oxygen atoms in total. The maximum atomic E-state index is 12.6. The van der Waals surface area contributed by atoms with Crippen LogP contribution in [0.1, 0.15) is 37.7 Å². The van der Waals surface area contributed by atoms with Gasteiger partial charge in [-0.05, 0) is 43.8 Å². The molecule has 5 heteroatoms. The fourth-order valence-electron chi connectivity index (χ4n) is 2.90. The van der Waals surface area contributed by atoms with E-state index in [1.165, 1.54) is 0 Å². The minimum Gasteiger partial charge on any atom is -0.317 e. The zero-order chi connectivity index (χ0) is 15.3. The van der Waals surface area contributed by atoms with E-state index in [1.54, 1.807) is 11.4 Å². The third kappa shape index (κ3) is 4.53. The van der Waals surface area contributed by atoms with Gasteiger partial charge in [-0.1, -0.05) is 37.3 Å². The fraction of sp³-hybridized carbons (Fsp3) is 0.625. The molecule has 0 aliphatic carbocycles. The van der Waals surface area contributed by atoms with Crippen LogP contribution in [0.15, 0.2) is 30.3 Å². The topological polar surface area (TPSA) is 49.4 Å². The summed E-state index contributed by atoms with van der Waals surface area (Å²) in [5.74, 6) is 0.194. The lowest BCUT2D eigenvalue weighted by atomic mass is 10.0. The van der Waals surface area contributed by atoms with Gasteiger partial charge in [-0.3, -0.25) is 0 Å². The van der Waals surface area contributed by atoms with Gasteiger partial charge < -0.3 is 5.32 Å². The van der Waals surface area contributed by atoms with Gasteiger partial charge in [0.1, 0.15) is 0 Å². The molecule has 2 unspecified atom stereocenters. The summed E-state index contributed by atoms with van der Waals surface area (Å²) in [6, 6.07) is 9.99. The van der Waals surface area contributed by atoms with Gasteiger partial charge in [0.05, 0.1) is 5.75 Å². The monoisotopic (exact) mass is 310 g/mol. The Morgan fingerprint density at radius 3 is 2.67 bits per heavy atom. The van der Waals surface area contributed by atoms with Gasteiger partial charge in [0, 0.05) is 13.1 Å². The van der Waals surface area contributed by atoms with Crippen molar-refractivity contribution < 1.29 is 8.42 Å². The molecular weight excluding hydrogens is 284 g/mol. The molecule has 0 saturated carbocycles. The van der Waals surface area contributed by atoms with Crippen LogP contribution in [0.4, 0.5) is 0 Å². The van der Waals surface area contributed by atoms with Crippen molar-refractivity contribution in [2.75, 3.05) is 25.9 Å². The summed E-state index contributed by atoms with van der Waals surface area (Å²) in [7, 11) is -1.48. The average molecular weight is 310 g/mol. The second kappa shape index (κ2) is 7.38. The number of hydrogen-bond acceptors (Lipinski definition) is 3. The van der Waals surface area contributed by atoms with E-state index >= 15 is 0 Å². The first-order valence-corrected chi connectivity index (χ1v) is 9.33. The molecule has 0 bridgehead atoms. The van der Waals surface area contributed by atoms with Gasteiger partial charge in [-0.25, -0.2) is 12.7 Å². The highest BCUT2D eigenvalue weighted by Gasteiger charge is 2.28. The molecule has 1 aliphatic heterocycles. The molecular formula is C16H26N2O2S. The van der Waals surface area contributed by atoms with Crippen LogP contribution in [0.5, 0.6) is 0 Å². The van der Waals surface area contributed by atoms with Crippen LogP contribution in [-0.4, -0.2) is 44.7 Å². The Morgan fingerprint density at radius 1 is 1.24 bits per heavy atom. The predicted octanol–water partition coefficient (Wildman–Crippen LogP) is 2.19. The molecule has 1 aliphatic rings. The minimum atomic E-state index is -3.22. The average Bonchev–Trinajstić information content (AvgIpc) is 2.76. The van der Waals surface area contributed by atoms with Crippen molar-refractivity contribution in [3.63, 3.8) is 0 Å². The largest absolute Gasteiger partial charge is 0.317 e. The van der Waals surface area contributed by atoms with Gasteiger partial charge >= 0.3 is 0 Å². The molecule has 1 aromatic carbocycles. The molecule has 2 atom stereocenters. The van der Waals surface area contributed by atoms with Gasteiger partial charge in [0.15, 0.2) is 0 Å². The Morgan fingerprint density at radius 2 is 1.95 bits per heavy atom. The standard InChI is InChI=1S/C16H26N2O2S/c1-14(15-7-4-3-5-8-15)13-21(19,20)18(2)16-9-6-11-17-12-10-16/h3-5,7-8,14,16-17H,6,9-13H2,1-2H3. The smallest absolute Gasteiger partial charge is 0.214 e. The third-order valence-electron chi connectivity index (χ3n) is 4.33. The summed E-state index contributed by atoms with van der Waals surface area (Å²) in [5, 5.41) is 3.33. The molecule has 1 saturated heterocycles. The van der Waals surface area contributed by atoms with Gasteiger partial charge in [0.25, 0.3) is 0 Å². The van der Waals surface area contributed by atoms with Crippen LogP contribution in [0.25, 0.3) is 0 Å². The molecule has 1 fully saturated rings. The number of rotatable bonds is 5. The van der Waals surface area contributed by atoms with E-state index in [-0.39, 0.29) is 17.7 Å². The zero-order valence-electron chi connectivity index (χ0n) is 13.0. The van der Waals surface area contributed by atoms with Crippen molar-refractivity contribution >= 4 is 10.0 Å². The number of benzene rings is 1. The first kappa shape index (κ1) is 16.5. The normalized spacial score (nSPS) is 22.0. The fourth-order valence-corrected chi connectivity index (χ4v) is 4.63. The quantitative estimate of drug-likeness (QED) is 0.907. The summed E-state index contributed by atoms with van der Waals surface area (Å²) in [6.45, 7) is 3.87. The maximum Gasteiger partial charge on any atom is 0.214 e. The third-order valence-corrected chi connectivity index (χ3v) is 6.42. The van der Waals surface area contributed by atoms with Crippen molar-refractivity contribution in [3.8, 4) is 0 Å². The van der Waals surface area contributed by atoms with E-state index in [0.29, 0.717) is 0 Å². The van der Waals surface area contributed by atoms with Crippen LogP contribution in [0.3, 0.4) is 0 Å². The summed E-state index contributed by atoms with van der Waals surface area (Å²) < 4.78 is 26.9. The lowest BCUT2D eigenvalue weighted by Gasteiger charge is -2.27. The summed E-state index contributed by atoms with van der Waals surface area (Å²) in [6.07, 6.45) is 2.89. The van der Waals surface area contributed by atoms with E-state index in [2.05, 4.69) is 5.32 Å². The molecule has 2 rings (SSSR count). The first-order valence-electron chi connectivity index (χ1n) is 7.72. The van der Waals surface area contributed by atoms with Crippen LogP contribution in [0, 0.1) is 0 Å². The molecule has 1 N–H and O–H groups in total. The molecule has 118 valence electrons. The molecule has 1 heterocycles. The van der Waals surface area contributed by atoms with Crippen LogP contribution < -0.4 is 5.32 Å². The summed E-state index contributed by atoms with van der Waals surface area (Å²) >= 11 is 0. The molecule has 0 aromatic heterocycles. The highest BCUT2D eigenvalue weighted by atomic mass is 32.2. The molecule has 0 spiro atoms. The Kier molecular flexibility index (Phi) is 5.79. The van der Waals surface area contributed by atoms with E-state index in [4.69, 9.17) is 0 Å². The van der Waals surface area contributed by atoms with E-state index in [1.807, 2.05) is 37.3 Å². The number of sulfonamides is 1. The Labute approximate surface area is 128 Å². The zero-order valence-corrected chi connectivity index (χ0v) is 13.8. The predicted molar refractivity (Wildman–Crippen MR) is 86.9 cm³/mol. The number of nitrogens with one attached hydrogen (secondary N) is 1. The van der Waals surface area contributed by atoms with Gasteiger partial charge in [-0.15, -0.1) is 0 Å². The number of nitrogens with zero attached hydrogens (tertiary/aromatic N) is 1. The second-order valence-electron chi connectivity index (χ2n) is 5.94. The number of hydrogen-bond donors (Lipinski definition) is 1. The maximum absolute atomic E-state index is 12.6. The van der Waals surface area contributed by atoms with Gasteiger partial charge in [0.2, 0.25) is 10.0 Å². The molecule has 0 amide bonds. The highest BCUT2D eigenvalue weighted by molar-refractivity contribution is 7.89. The summed E-state index contributed by atoms with van der Waals surface area (Å²) in [4.78, 5) is 0. The first-order chi connectivity index (χ1) is 10.0. The molecule has 0 radical (unpaired) electrons. The van der Waals surface area contributed by atoms with E-state index < -0.39 is 10.0 Å². The summed E-state index contributed by atoms with van der Waals surface area (Å²) in [5.41, 5.74) is 1.08. The highest BCUT2D eigenvalue weighted by Crippen LogP contribution is 2.21. The lowest BCUT2D eigenvalue weighted by molar-refractivity contribution is 0.340. The second-order valence-corrected chi connectivity index (χ2v) is 8.01. The van der Waals surface area contributed by atoms with Crippen molar-refractivity contribution in [1.29, 1.82) is 0 Å². The van der Waals surface area contributed by atoms with Crippen molar-refractivity contribution in [2.45, 2.75) is 38.1 Å². The van der Waals surface area contributed by atoms with Gasteiger partial charge in [-0.2, -0.15) is 0 Å². The van der Waals surface area contributed by atoms with E-state index in [9.17, 15) is 8.42 Å². The Bertz CT molecular complexity index is 522.